The maximum absolute atomic E-state index is 12.9. The Hall–Kier alpha value is -3.48. The molecule has 3 aromatic rings. The second-order valence-electron chi connectivity index (χ2n) is 7.40. The van der Waals surface area contributed by atoms with Crippen LogP contribution >= 0.6 is 0 Å². The highest BCUT2D eigenvalue weighted by molar-refractivity contribution is 6.04. The summed E-state index contributed by atoms with van der Waals surface area (Å²) in [4.78, 5) is 32.3. The number of fused-ring (bicyclic) bond motifs is 7. The molecule has 7 heteroatoms. The molecule has 28 heavy (non-hydrogen) atoms. The van der Waals surface area contributed by atoms with Gasteiger partial charge in [-0.05, 0) is 29.3 Å². The van der Waals surface area contributed by atoms with Crippen molar-refractivity contribution in [2.45, 2.75) is 12.0 Å². The van der Waals surface area contributed by atoms with E-state index in [1.54, 1.807) is 11.9 Å². The number of H-pyrrole nitrogens is 1. The van der Waals surface area contributed by atoms with E-state index in [1.807, 2.05) is 42.5 Å². The summed E-state index contributed by atoms with van der Waals surface area (Å²) in [5.74, 6) is 0.855. The molecule has 6 rings (SSSR count). The van der Waals surface area contributed by atoms with Gasteiger partial charge in [0.15, 0.2) is 11.5 Å². The number of carbonyl (C=O) groups excluding carboxylic acids is 2. The maximum Gasteiger partial charge on any atom is 0.327 e. The molecule has 0 aliphatic carbocycles. The molecular weight excluding hydrogens is 358 g/mol. The fourth-order valence-corrected chi connectivity index (χ4v) is 4.67. The van der Waals surface area contributed by atoms with Gasteiger partial charge >= 0.3 is 6.03 Å². The Morgan fingerprint density at radius 2 is 1.89 bits per heavy atom. The van der Waals surface area contributed by atoms with Crippen molar-refractivity contribution in [3.8, 4) is 11.5 Å². The van der Waals surface area contributed by atoms with Gasteiger partial charge in [-0.25, -0.2) is 4.79 Å². The van der Waals surface area contributed by atoms with E-state index >= 15 is 0 Å². The number of rotatable bonds is 1. The van der Waals surface area contributed by atoms with Gasteiger partial charge in [0.25, 0.3) is 0 Å². The fourth-order valence-electron chi connectivity index (χ4n) is 4.67. The van der Waals surface area contributed by atoms with E-state index in [2.05, 4.69) is 4.98 Å². The SMILES string of the molecule is CN1C(=O)[C@H]2CN(C1=O)[C@H](c1ccc3c(c1)OCO3)c1[nH]c3ccccc3c12. The van der Waals surface area contributed by atoms with Crippen LogP contribution in [0.5, 0.6) is 11.5 Å². The number of urea groups is 1. The minimum absolute atomic E-state index is 0.156. The largest absolute Gasteiger partial charge is 0.454 e. The number of imide groups is 1. The molecule has 3 aliphatic heterocycles. The number of hydrogen-bond acceptors (Lipinski definition) is 4. The van der Waals surface area contributed by atoms with Crippen LogP contribution in [0.1, 0.15) is 28.8 Å². The summed E-state index contributed by atoms with van der Waals surface area (Å²) in [6.45, 7) is 0.568. The first-order valence-corrected chi connectivity index (χ1v) is 9.21. The monoisotopic (exact) mass is 375 g/mol. The Morgan fingerprint density at radius 3 is 2.79 bits per heavy atom. The molecule has 1 N–H and O–H groups in total. The fraction of sp³-hybridized carbons (Fsp3) is 0.238. The highest BCUT2D eigenvalue weighted by atomic mass is 16.7. The molecule has 3 amide bonds. The summed E-state index contributed by atoms with van der Waals surface area (Å²) in [5, 5.41) is 1.03. The molecular formula is C21H17N3O4. The molecule has 4 heterocycles. The molecule has 2 aromatic carbocycles. The Bertz CT molecular complexity index is 1170. The van der Waals surface area contributed by atoms with Gasteiger partial charge in [-0.15, -0.1) is 0 Å². The van der Waals surface area contributed by atoms with Crippen molar-refractivity contribution in [2.24, 2.45) is 0 Å². The van der Waals surface area contributed by atoms with Crippen molar-refractivity contribution in [1.29, 1.82) is 0 Å². The van der Waals surface area contributed by atoms with E-state index < -0.39 is 0 Å². The number of aromatic amines is 1. The van der Waals surface area contributed by atoms with Crippen LogP contribution in [0.2, 0.25) is 0 Å². The summed E-state index contributed by atoms with van der Waals surface area (Å²) in [6, 6.07) is 13.1. The maximum atomic E-state index is 12.9. The first-order valence-electron chi connectivity index (χ1n) is 9.21. The van der Waals surface area contributed by atoms with Gasteiger partial charge in [-0.1, -0.05) is 24.3 Å². The Morgan fingerprint density at radius 1 is 1.07 bits per heavy atom. The highest BCUT2D eigenvalue weighted by Gasteiger charge is 2.48. The summed E-state index contributed by atoms with van der Waals surface area (Å²) in [6.07, 6.45) is 0. The lowest BCUT2D eigenvalue weighted by Crippen LogP contribution is -2.57. The topological polar surface area (TPSA) is 74.9 Å². The minimum Gasteiger partial charge on any atom is -0.454 e. The number of nitrogens with zero attached hydrogens (tertiary/aromatic N) is 2. The molecule has 0 unspecified atom stereocenters. The van der Waals surface area contributed by atoms with Crippen LogP contribution in [0.15, 0.2) is 42.5 Å². The first-order chi connectivity index (χ1) is 13.6. The molecule has 7 nitrogen and oxygen atoms in total. The number of benzene rings is 2. The number of para-hydroxylation sites is 1. The predicted molar refractivity (Wildman–Crippen MR) is 100 cm³/mol. The van der Waals surface area contributed by atoms with E-state index in [-0.39, 0.29) is 30.7 Å². The van der Waals surface area contributed by atoms with Crippen LogP contribution in [-0.2, 0) is 4.79 Å². The van der Waals surface area contributed by atoms with Crippen LogP contribution in [0, 0.1) is 0 Å². The quantitative estimate of drug-likeness (QED) is 0.710. The normalized spacial score (nSPS) is 22.8. The van der Waals surface area contributed by atoms with Crippen LogP contribution in [-0.4, -0.2) is 47.1 Å². The minimum atomic E-state index is -0.362. The molecule has 140 valence electrons. The lowest BCUT2D eigenvalue weighted by molar-refractivity contribution is -0.132. The number of hydrogen-bond donors (Lipinski definition) is 1. The van der Waals surface area contributed by atoms with Crippen LogP contribution in [0.25, 0.3) is 10.9 Å². The molecule has 3 aliphatic rings. The van der Waals surface area contributed by atoms with Crippen molar-refractivity contribution in [1.82, 2.24) is 14.8 Å². The summed E-state index contributed by atoms with van der Waals surface area (Å²) in [7, 11) is 1.56. The molecule has 1 saturated heterocycles. The average Bonchev–Trinajstić information content (AvgIpc) is 3.33. The predicted octanol–water partition coefficient (Wildman–Crippen LogP) is 2.98. The van der Waals surface area contributed by atoms with Gasteiger partial charge in [0, 0.05) is 30.2 Å². The van der Waals surface area contributed by atoms with E-state index in [1.165, 1.54) is 4.90 Å². The molecule has 0 saturated carbocycles. The van der Waals surface area contributed by atoms with Crippen LogP contribution < -0.4 is 9.47 Å². The molecule has 0 radical (unpaired) electrons. The summed E-state index contributed by atoms with van der Waals surface area (Å²) >= 11 is 0. The number of amides is 3. The smallest absolute Gasteiger partial charge is 0.327 e. The number of nitrogens with one attached hydrogen (secondary N) is 1. The van der Waals surface area contributed by atoms with Gasteiger partial charge in [0.1, 0.15) is 0 Å². The lowest BCUT2D eigenvalue weighted by Gasteiger charge is -2.45. The zero-order valence-electron chi connectivity index (χ0n) is 15.1. The zero-order chi connectivity index (χ0) is 19.0. The van der Waals surface area contributed by atoms with E-state index in [9.17, 15) is 9.59 Å². The lowest BCUT2D eigenvalue weighted by atomic mass is 9.83. The zero-order valence-corrected chi connectivity index (χ0v) is 15.1. The third-order valence-corrected chi connectivity index (χ3v) is 5.96. The van der Waals surface area contributed by atoms with Crippen molar-refractivity contribution >= 4 is 22.8 Å². The standard InChI is InChI=1S/C21H17N3O4/c1-23-20(25)13-9-24(21(23)26)19(11-6-7-15-16(8-11)28-10-27-15)18-17(13)12-4-2-3-5-14(12)22-18/h2-8,13,19,22H,9-10H2,1H3/t13-,19+/m0/s1. The summed E-state index contributed by atoms with van der Waals surface area (Å²) in [5.41, 5.74) is 3.77. The molecule has 1 aromatic heterocycles. The highest BCUT2D eigenvalue weighted by Crippen LogP contribution is 2.47. The number of likely N-dealkylation sites (N-methyl/N-ethyl adjacent to an activating group) is 1. The van der Waals surface area contributed by atoms with Crippen molar-refractivity contribution in [3.63, 3.8) is 0 Å². The Balaban J connectivity index is 1.62. The molecule has 0 spiro atoms. The third kappa shape index (κ3) is 1.88. The van der Waals surface area contributed by atoms with Gasteiger partial charge in [-0.2, -0.15) is 0 Å². The van der Waals surface area contributed by atoms with E-state index in [4.69, 9.17) is 9.47 Å². The average molecular weight is 375 g/mol. The van der Waals surface area contributed by atoms with Gasteiger partial charge in [-0.3, -0.25) is 9.69 Å². The van der Waals surface area contributed by atoms with Crippen molar-refractivity contribution in [2.75, 3.05) is 20.4 Å². The number of carbonyl (C=O) groups is 2. The molecule has 1 fully saturated rings. The van der Waals surface area contributed by atoms with Gasteiger partial charge in [0.05, 0.1) is 12.0 Å². The Labute approximate surface area is 160 Å². The van der Waals surface area contributed by atoms with Crippen molar-refractivity contribution < 1.29 is 19.1 Å². The van der Waals surface area contributed by atoms with Crippen molar-refractivity contribution in [3.05, 3.63) is 59.3 Å². The second kappa shape index (κ2) is 5.28. The van der Waals surface area contributed by atoms with Gasteiger partial charge in [0.2, 0.25) is 12.7 Å². The summed E-state index contributed by atoms with van der Waals surface area (Å²) < 4.78 is 11.0. The second-order valence-corrected chi connectivity index (χ2v) is 7.40. The molecule has 2 atom stereocenters. The van der Waals surface area contributed by atoms with Gasteiger partial charge < -0.3 is 19.4 Å². The Kier molecular flexibility index (Phi) is 2.94. The van der Waals surface area contributed by atoms with Crippen LogP contribution in [0.3, 0.4) is 0 Å². The number of aromatic nitrogens is 1. The third-order valence-electron chi connectivity index (χ3n) is 5.96. The molecule has 2 bridgehead atoms. The van der Waals surface area contributed by atoms with E-state index in [0.717, 1.165) is 27.7 Å². The number of ether oxygens (including phenoxy) is 2. The van der Waals surface area contributed by atoms with E-state index in [0.29, 0.717) is 18.0 Å². The van der Waals surface area contributed by atoms with Crippen LogP contribution in [0.4, 0.5) is 4.79 Å². The first kappa shape index (κ1) is 15.6.